The van der Waals surface area contributed by atoms with Crippen molar-refractivity contribution in [2.75, 3.05) is 0 Å². The summed E-state index contributed by atoms with van der Waals surface area (Å²) in [6.07, 6.45) is -1.20. The highest BCUT2D eigenvalue weighted by Gasteiger charge is 2.24. The molecule has 0 radical (unpaired) electrons. The van der Waals surface area contributed by atoms with E-state index < -0.39 is 24.0 Å². The molecule has 6 heteroatoms. The zero-order valence-electron chi connectivity index (χ0n) is 9.76. The summed E-state index contributed by atoms with van der Waals surface area (Å²) < 4.78 is 0. The SMILES string of the molecule is CC(O)C(NC(=O)Cc1ccccc1Cl)C(=O)O. The molecule has 5 nitrogen and oxygen atoms in total. The minimum absolute atomic E-state index is 0.0316. The van der Waals surface area contributed by atoms with Gasteiger partial charge in [0, 0.05) is 5.02 Å². The molecule has 0 aliphatic rings. The van der Waals surface area contributed by atoms with Crippen LogP contribution in [-0.2, 0) is 16.0 Å². The molecule has 0 heterocycles. The number of aliphatic hydroxyl groups is 1. The number of benzene rings is 1. The van der Waals surface area contributed by atoms with E-state index in [4.69, 9.17) is 16.7 Å². The summed E-state index contributed by atoms with van der Waals surface area (Å²) in [5, 5.41) is 20.7. The fourth-order valence-corrected chi connectivity index (χ4v) is 1.63. The maximum atomic E-state index is 11.6. The van der Waals surface area contributed by atoms with Crippen LogP contribution < -0.4 is 5.32 Å². The van der Waals surface area contributed by atoms with Crippen molar-refractivity contribution in [2.24, 2.45) is 0 Å². The quantitative estimate of drug-likeness (QED) is 0.740. The number of aliphatic hydroxyl groups excluding tert-OH is 1. The van der Waals surface area contributed by atoms with Crippen LogP contribution >= 0.6 is 11.6 Å². The van der Waals surface area contributed by atoms with Crippen molar-refractivity contribution in [2.45, 2.75) is 25.5 Å². The third-order valence-electron chi connectivity index (χ3n) is 2.37. The summed E-state index contributed by atoms with van der Waals surface area (Å²) in [6, 6.07) is 5.48. The number of carbonyl (C=O) groups excluding carboxylic acids is 1. The third-order valence-corrected chi connectivity index (χ3v) is 2.74. The summed E-state index contributed by atoms with van der Waals surface area (Å²) in [5.74, 6) is -1.78. The first-order valence-electron chi connectivity index (χ1n) is 5.35. The number of carboxylic acid groups (broad SMARTS) is 1. The number of hydrogen-bond donors (Lipinski definition) is 3. The molecule has 0 aliphatic carbocycles. The maximum Gasteiger partial charge on any atom is 0.328 e. The first-order chi connectivity index (χ1) is 8.41. The fraction of sp³-hybridized carbons (Fsp3) is 0.333. The van der Waals surface area contributed by atoms with Gasteiger partial charge in [-0.1, -0.05) is 29.8 Å². The lowest BCUT2D eigenvalue weighted by atomic mass is 10.1. The minimum atomic E-state index is -1.32. The molecule has 0 saturated carbocycles. The van der Waals surface area contributed by atoms with Gasteiger partial charge in [0.05, 0.1) is 12.5 Å². The predicted octanol–water partition coefficient (Wildman–Crippen LogP) is 0.833. The van der Waals surface area contributed by atoms with Crippen LogP contribution in [0, 0.1) is 0 Å². The van der Waals surface area contributed by atoms with Crippen LogP contribution in [-0.4, -0.2) is 34.2 Å². The highest BCUT2D eigenvalue weighted by Crippen LogP contribution is 2.15. The highest BCUT2D eigenvalue weighted by molar-refractivity contribution is 6.31. The van der Waals surface area contributed by atoms with E-state index in [0.29, 0.717) is 10.6 Å². The van der Waals surface area contributed by atoms with Crippen LogP contribution in [0.4, 0.5) is 0 Å². The Kier molecular flexibility index (Phi) is 5.12. The molecule has 1 rings (SSSR count). The first kappa shape index (κ1) is 14.5. The third kappa shape index (κ3) is 4.01. The van der Waals surface area contributed by atoms with Gasteiger partial charge in [0.15, 0.2) is 6.04 Å². The molecule has 0 fully saturated rings. The Hall–Kier alpha value is -1.59. The Morgan fingerprint density at radius 3 is 2.50 bits per heavy atom. The lowest BCUT2D eigenvalue weighted by Crippen LogP contribution is -2.48. The number of carbonyl (C=O) groups is 2. The number of carboxylic acids is 1. The predicted molar refractivity (Wildman–Crippen MR) is 66.4 cm³/mol. The van der Waals surface area contributed by atoms with Crippen molar-refractivity contribution in [3.8, 4) is 0 Å². The van der Waals surface area contributed by atoms with Gasteiger partial charge in [-0.15, -0.1) is 0 Å². The van der Waals surface area contributed by atoms with Crippen LogP contribution in [0.3, 0.4) is 0 Å². The van der Waals surface area contributed by atoms with Gasteiger partial charge >= 0.3 is 5.97 Å². The molecule has 0 spiro atoms. The molecule has 3 N–H and O–H groups in total. The summed E-state index contributed by atoms with van der Waals surface area (Å²) in [4.78, 5) is 22.4. The molecule has 2 atom stereocenters. The van der Waals surface area contributed by atoms with Crippen molar-refractivity contribution < 1.29 is 19.8 Å². The monoisotopic (exact) mass is 271 g/mol. The molecule has 98 valence electrons. The van der Waals surface area contributed by atoms with Crippen molar-refractivity contribution >= 4 is 23.5 Å². The zero-order valence-corrected chi connectivity index (χ0v) is 10.5. The Morgan fingerprint density at radius 1 is 1.39 bits per heavy atom. The second-order valence-corrected chi connectivity index (χ2v) is 4.30. The second-order valence-electron chi connectivity index (χ2n) is 3.89. The summed E-state index contributed by atoms with van der Waals surface area (Å²) >= 11 is 5.88. The molecular weight excluding hydrogens is 258 g/mol. The average molecular weight is 272 g/mol. The van der Waals surface area contributed by atoms with E-state index in [1.54, 1.807) is 24.3 Å². The molecule has 0 aliphatic heterocycles. The smallest absolute Gasteiger partial charge is 0.328 e. The number of rotatable bonds is 5. The average Bonchev–Trinajstić information content (AvgIpc) is 2.28. The number of hydrogen-bond acceptors (Lipinski definition) is 3. The topological polar surface area (TPSA) is 86.6 Å². The van der Waals surface area contributed by atoms with Gasteiger partial charge in [-0.2, -0.15) is 0 Å². The Morgan fingerprint density at radius 2 is 2.00 bits per heavy atom. The van der Waals surface area contributed by atoms with Crippen LogP contribution in [0.5, 0.6) is 0 Å². The lowest BCUT2D eigenvalue weighted by molar-refractivity contribution is -0.144. The number of amides is 1. The largest absolute Gasteiger partial charge is 0.480 e. The number of halogens is 1. The van der Waals surface area contributed by atoms with Crippen LogP contribution in [0.25, 0.3) is 0 Å². The molecule has 18 heavy (non-hydrogen) atoms. The Balaban J connectivity index is 2.67. The highest BCUT2D eigenvalue weighted by atomic mass is 35.5. The van der Waals surface area contributed by atoms with Crippen molar-refractivity contribution in [3.63, 3.8) is 0 Å². The van der Waals surface area contributed by atoms with Crippen molar-refractivity contribution in [3.05, 3.63) is 34.9 Å². The Bertz CT molecular complexity index is 447. The van der Waals surface area contributed by atoms with Gasteiger partial charge in [-0.3, -0.25) is 4.79 Å². The standard InChI is InChI=1S/C12H14ClNO4/c1-7(15)11(12(17)18)14-10(16)6-8-4-2-3-5-9(8)13/h2-5,7,11,15H,6H2,1H3,(H,14,16)(H,17,18). The van der Waals surface area contributed by atoms with Crippen LogP contribution in [0.1, 0.15) is 12.5 Å². The molecule has 0 aromatic heterocycles. The molecule has 0 bridgehead atoms. The molecular formula is C12H14ClNO4. The maximum absolute atomic E-state index is 11.6. The van der Waals surface area contributed by atoms with Gasteiger partial charge in [0.25, 0.3) is 0 Å². The second kappa shape index (κ2) is 6.37. The van der Waals surface area contributed by atoms with Crippen molar-refractivity contribution in [1.29, 1.82) is 0 Å². The minimum Gasteiger partial charge on any atom is -0.480 e. The van der Waals surface area contributed by atoms with Gasteiger partial charge in [0.1, 0.15) is 0 Å². The van der Waals surface area contributed by atoms with Crippen LogP contribution in [0.2, 0.25) is 5.02 Å². The van der Waals surface area contributed by atoms with E-state index in [1.807, 2.05) is 0 Å². The summed E-state index contributed by atoms with van der Waals surface area (Å²) in [6.45, 7) is 1.30. The summed E-state index contributed by atoms with van der Waals surface area (Å²) in [7, 11) is 0. The van der Waals surface area contributed by atoms with Gasteiger partial charge < -0.3 is 15.5 Å². The van der Waals surface area contributed by atoms with E-state index in [0.717, 1.165) is 0 Å². The fourth-order valence-electron chi connectivity index (χ4n) is 1.43. The number of nitrogens with one attached hydrogen (secondary N) is 1. The first-order valence-corrected chi connectivity index (χ1v) is 5.73. The van der Waals surface area contributed by atoms with Crippen LogP contribution in [0.15, 0.2) is 24.3 Å². The van der Waals surface area contributed by atoms with Gasteiger partial charge in [0.2, 0.25) is 5.91 Å². The van der Waals surface area contributed by atoms with E-state index in [1.165, 1.54) is 6.92 Å². The van der Waals surface area contributed by atoms with E-state index in [-0.39, 0.29) is 6.42 Å². The van der Waals surface area contributed by atoms with Crippen molar-refractivity contribution in [1.82, 2.24) is 5.32 Å². The zero-order chi connectivity index (χ0) is 13.7. The number of aliphatic carboxylic acids is 1. The van der Waals surface area contributed by atoms with Gasteiger partial charge in [-0.05, 0) is 18.6 Å². The molecule has 1 amide bonds. The van der Waals surface area contributed by atoms with E-state index in [2.05, 4.69) is 5.32 Å². The molecule has 0 saturated heterocycles. The molecule has 1 aromatic carbocycles. The Labute approximate surface area is 109 Å². The summed E-state index contributed by atoms with van der Waals surface area (Å²) in [5.41, 5.74) is 0.603. The normalized spacial score (nSPS) is 13.7. The van der Waals surface area contributed by atoms with E-state index in [9.17, 15) is 14.7 Å². The van der Waals surface area contributed by atoms with Gasteiger partial charge in [-0.25, -0.2) is 4.79 Å². The van der Waals surface area contributed by atoms with E-state index >= 15 is 0 Å². The molecule has 1 aromatic rings. The molecule has 2 unspecified atom stereocenters. The lowest BCUT2D eigenvalue weighted by Gasteiger charge is -2.17.